The first-order chi connectivity index (χ1) is 14.1. The van der Waals surface area contributed by atoms with Crippen molar-refractivity contribution in [1.29, 1.82) is 0 Å². The number of amides is 1. The molecule has 2 heterocycles. The second kappa shape index (κ2) is 9.81. The summed E-state index contributed by atoms with van der Waals surface area (Å²) in [4.78, 5) is 24.0. The van der Waals surface area contributed by atoms with Gasteiger partial charge in [-0.15, -0.1) is 0 Å². The van der Waals surface area contributed by atoms with Gasteiger partial charge in [0, 0.05) is 36.8 Å². The summed E-state index contributed by atoms with van der Waals surface area (Å²) < 4.78 is 16.0. The number of aromatic nitrogens is 3. The van der Waals surface area contributed by atoms with Gasteiger partial charge in [-0.1, -0.05) is 11.6 Å². The SMILES string of the molecule is COCCOc1ccc(-c2cnc(COc3ncccc3C(N)=O)nc2)c(Cl)c1. The molecule has 9 heteroatoms. The van der Waals surface area contributed by atoms with Crippen molar-refractivity contribution >= 4 is 17.5 Å². The number of pyridine rings is 1. The van der Waals surface area contributed by atoms with E-state index in [4.69, 9.17) is 31.5 Å². The molecule has 0 unspecified atom stereocenters. The summed E-state index contributed by atoms with van der Waals surface area (Å²) in [5.74, 6) is 0.598. The minimum Gasteiger partial charge on any atom is -0.491 e. The maximum absolute atomic E-state index is 11.4. The maximum atomic E-state index is 11.4. The molecule has 0 atom stereocenters. The predicted octanol–water partition coefficient (Wildman–Crippen LogP) is 2.90. The first-order valence-corrected chi connectivity index (χ1v) is 9.06. The van der Waals surface area contributed by atoms with Crippen LogP contribution in [0.25, 0.3) is 11.1 Å². The Labute approximate surface area is 172 Å². The van der Waals surface area contributed by atoms with Crippen LogP contribution in [0, 0.1) is 0 Å². The Morgan fingerprint density at radius 3 is 2.59 bits per heavy atom. The zero-order valence-electron chi connectivity index (χ0n) is 15.7. The van der Waals surface area contributed by atoms with Gasteiger partial charge in [0.1, 0.15) is 24.5 Å². The zero-order valence-corrected chi connectivity index (χ0v) is 16.4. The number of hydrogen-bond acceptors (Lipinski definition) is 7. The number of halogens is 1. The lowest BCUT2D eigenvalue weighted by atomic mass is 10.1. The molecule has 0 aliphatic rings. The maximum Gasteiger partial charge on any atom is 0.254 e. The van der Waals surface area contributed by atoms with E-state index in [1.807, 2.05) is 12.1 Å². The molecule has 0 aliphatic carbocycles. The number of benzene rings is 1. The number of rotatable bonds is 9. The molecule has 2 aromatic heterocycles. The molecular formula is C20H19ClN4O4. The van der Waals surface area contributed by atoms with Gasteiger partial charge < -0.3 is 19.9 Å². The molecular weight excluding hydrogens is 396 g/mol. The van der Waals surface area contributed by atoms with Crippen LogP contribution in [0.1, 0.15) is 16.2 Å². The molecule has 8 nitrogen and oxygen atoms in total. The van der Waals surface area contributed by atoms with E-state index in [-0.39, 0.29) is 18.1 Å². The van der Waals surface area contributed by atoms with Crippen LogP contribution >= 0.6 is 11.6 Å². The smallest absolute Gasteiger partial charge is 0.254 e. The van der Waals surface area contributed by atoms with E-state index in [2.05, 4.69) is 15.0 Å². The number of ether oxygens (including phenoxy) is 3. The highest BCUT2D eigenvalue weighted by atomic mass is 35.5. The molecule has 0 bridgehead atoms. The monoisotopic (exact) mass is 414 g/mol. The number of nitrogens with zero attached hydrogens (tertiary/aromatic N) is 3. The fourth-order valence-corrected chi connectivity index (χ4v) is 2.74. The number of methoxy groups -OCH3 is 1. The lowest BCUT2D eigenvalue weighted by Crippen LogP contribution is -2.14. The Hall–Kier alpha value is -3.23. The average molecular weight is 415 g/mol. The van der Waals surface area contributed by atoms with E-state index in [1.54, 1.807) is 37.7 Å². The highest BCUT2D eigenvalue weighted by Crippen LogP contribution is 2.30. The Bertz CT molecular complexity index is 982. The van der Waals surface area contributed by atoms with Crippen molar-refractivity contribution in [1.82, 2.24) is 15.0 Å². The third-order valence-corrected chi connectivity index (χ3v) is 4.20. The van der Waals surface area contributed by atoms with Gasteiger partial charge in [-0.2, -0.15) is 0 Å². The molecule has 29 heavy (non-hydrogen) atoms. The average Bonchev–Trinajstić information content (AvgIpc) is 2.73. The topological polar surface area (TPSA) is 109 Å². The van der Waals surface area contributed by atoms with E-state index >= 15 is 0 Å². The normalized spacial score (nSPS) is 10.6. The number of carbonyl (C=O) groups is 1. The Kier molecular flexibility index (Phi) is 6.94. The van der Waals surface area contributed by atoms with Crippen molar-refractivity contribution in [2.75, 3.05) is 20.3 Å². The molecule has 3 rings (SSSR count). The molecule has 0 spiro atoms. The van der Waals surface area contributed by atoms with E-state index in [0.29, 0.717) is 29.8 Å². The van der Waals surface area contributed by atoms with E-state index in [9.17, 15) is 4.79 Å². The molecule has 0 aliphatic heterocycles. The van der Waals surface area contributed by atoms with E-state index < -0.39 is 5.91 Å². The highest BCUT2D eigenvalue weighted by molar-refractivity contribution is 6.33. The zero-order chi connectivity index (χ0) is 20.6. The predicted molar refractivity (Wildman–Crippen MR) is 107 cm³/mol. The fourth-order valence-electron chi connectivity index (χ4n) is 2.46. The summed E-state index contributed by atoms with van der Waals surface area (Å²) in [6.45, 7) is 0.978. The van der Waals surface area contributed by atoms with Crippen molar-refractivity contribution in [3.63, 3.8) is 0 Å². The summed E-state index contributed by atoms with van der Waals surface area (Å²) in [5.41, 5.74) is 7.03. The largest absolute Gasteiger partial charge is 0.491 e. The van der Waals surface area contributed by atoms with Crippen LogP contribution in [0.3, 0.4) is 0 Å². The summed E-state index contributed by atoms with van der Waals surface area (Å²) in [7, 11) is 1.61. The summed E-state index contributed by atoms with van der Waals surface area (Å²) in [6, 6.07) is 8.54. The van der Waals surface area contributed by atoms with Crippen LogP contribution in [0.4, 0.5) is 0 Å². The Morgan fingerprint density at radius 2 is 1.90 bits per heavy atom. The standard InChI is InChI=1S/C20H19ClN4O4/c1-27-7-8-28-14-4-5-15(17(21)9-14)13-10-24-18(25-11-13)12-29-20-16(19(22)26)3-2-6-23-20/h2-6,9-11H,7-8,12H2,1H3,(H2,22,26). The van der Waals surface area contributed by atoms with Crippen molar-refractivity contribution in [3.05, 3.63) is 65.3 Å². The second-order valence-corrected chi connectivity index (χ2v) is 6.29. The Morgan fingerprint density at radius 1 is 1.10 bits per heavy atom. The molecule has 0 saturated carbocycles. The number of hydrogen-bond donors (Lipinski definition) is 1. The molecule has 1 amide bonds. The lowest BCUT2D eigenvalue weighted by molar-refractivity contribution is 0.0994. The third kappa shape index (κ3) is 5.40. The van der Waals surface area contributed by atoms with Crippen molar-refractivity contribution in [3.8, 4) is 22.8 Å². The van der Waals surface area contributed by atoms with Crippen LogP contribution < -0.4 is 15.2 Å². The highest BCUT2D eigenvalue weighted by Gasteiger charge is 2.11. The van der Waals surface area contributed by atoms with Crippen molar-refractivity contribution < 1.29 is 19.0 Å². The third-order valence-electron chi connectivity index (χ3n) is 3.89. The summed E-state index contributed by atoms with van der Waals surface area (Å²) in [5, 5.41) is 0.520. The number of primary amides is 1. The molecule has 0 saturated heterocycles. The van der Waals surface area contributed by atoms with Gasteiger partial charge in [-0.25, -0.2) is 15.0 Å². The number of carbonyl (C=O) groups excluding carboxylic acids is 1. The van der Waals surface area contributed by atoms with Gasteiger partial charge >= 0.3 is 0 Å². The van der Waals surface area contributed by atoms with Crippen LogP contribution in [0.15, 0.2) is 48.9 Å². The van der Waals surface area contributed by atoms with Gasteiger partial charge in [0.05, 0.1) is 11.6 Å². The van der Waals surface area contributed by atoms with Crippen LogP contribution in [0.5, 0.6) is 11.6 Å². The second-order valence-electron chi connectivity index (χ2n) is 5.88. The van der Waals surface area contributed by atoms with Crippen LogP contribution in [-0.4, -0.2) is 41.2 Å². The van der Waals surface area contributed by atoms with Crippen LogP contribution in [0.2, 0.25) is 5.02 Å². The molecule has 0 fully saturated rings. The minimum absolute atomic E-state index is 0.0393. The first kappa shape index (κ1) is 20.5. The minimum atomic E-state index is -0.617. The van der Waals surface area contributed by atoms with Gasteiger partial charge in [-0.05, 0) is 30.3 Å². The van der Waals surface area contributed by atoms with Gasteiger partial charge in [0.15, 0.2) is 5.82 Å². The quantitative estimate of drug-likeness (QED) is 0.536. The van der Waals surface area contributed by atoms with E-state index in [0.717, 1.165) is 11.1 Å². The summed E-state index contributed by atoms with van der Waals surface area (Å²) in [6.07, 6.45) is 4.80. The molecule has 3 aromatic rings. The molecule has 0 radical (unpaired) electrons. The van der Waals surface area contributed by atoms with Crippen LogP contribution in [-0.2, 0) is 11.3 Å². The van der Waals surface area contributed by atoms with Crippen molar-refractivity contribution in [2.24, 2.45) is 5.73 Å². The Balaban J connectivity index is 1.67. The van der Waals surface area contributed by atoms with E-state index in [1.165, 1.54) is 6.20 Å². The van der Waals surface area contributed by atoms with Crippen molar-refractivity contribution in [2.45, 2.75) is 6.61 Å². The lowest BCUT2D eigenvalue weighted by Gasteiger charge is -2.10. The molecule has 150 valence electrons. The fraction of sp³-hybridized carbons (Fsp3) is 0.200. The molecule has 2 N–H and O–H groups in total. The summed E-state index contributed by atoms with van der Waals surface area (Å²) >= 11 is 6.36. The molecule has 1 aromatic carbocycles. The van der Waals surface area contributed by atoms with Gasteiger partial charge in [0.25, 0.3) is 5.91 Å². The number of nitrogens with two attached hydrogens (primary N) is 1. The van der Waals surface area contributed by atoms with Gasteiger partial charge in [-0.3, -0.25) is 4.79 Å². The van der Waals surface area contributed by atoms with Gasteiger partial charge in [0.2, 0.25) is 5.88 Å². The first-order valence-electron chi connectivity index (χ1n) is 8.68.